The van der Waals surface area contributed by atoms with E-state index in [0.29, 0.717) is 12.3 Å². The van der Waals surface area contributed by atoms with Crippen LogP contribution in [0.25, 0.3) is 0 Å². The van der Waals surface area contributed by atoms with Gasteiger partial charge in [0.15, 0.2) is 0 Å². The molecular weight excluding hydrogens is 598 g/mol. The molecule has 4 rings (SSSR count). The van der Waals surface area contributed by atoms with Gasteiger partial charge >= 0.3 is 12.1 Å². The third kappa shape index (κ3) is 7.37. The fourth-order valence-electron chi connectivity index (χ4n) is 5.73. The lowest BCUT2D eigenvalue weighted by Crippen LogP contribution is -2.71. The molecule has 17 heteroatoms. The lowest BCUT2D eigenvalue weighted by atomic mass is 9.70. The molecule has 0 aromatic rings. The maximum absolute atomic E-state index is 15.1. The number of nitrogens with zero attached hydrogens (tertiary/aromatic N) is 1. The number of hydrogen-bond acceptors (Lipinski definition) is 6. The number of nitrogens with one attached hydrogen (secondary N) is 3. The first-order chi connectivity index (χ1) is 19.0. The number of sulfone groups is 1. The van der Waals surface area contributed by atoms with Crippen molar-refractivity contribution in [1.29, 1.82) is 0 Å². The number of piperidine rings is 2. The van der Waals surface area contributed by atoms with Crippen LogP contribution in [0.2, 0.25) is 0 Å². The molecule has 0 unspecified atom stereocenters. The van der Waals surface area contributed by atoms with E-state index in [0.717, 1.165) is 4.90 Å². The van der Waals surface area contributed by atoms with Gasteiger partial charge in [0, 0.05) is 31.2 Å². The molecule has 0 radical (unpaired) electrons. The molecule has 2 bridgehead atoms. The van der Waals surface area contributed by atoms with Crippen molar-refractivity contribution in [2.24, 2.45) is 17.3 Å². The van der Waals surface area contributed by atoms with Crippen LogP contribution in [0.3, 0.4) is 0 Å². The number of amides is 4. The van der Waals surface area contributed by atoms with Gasteiger partial charge in [-0.2, -0.15) is 17.6 Å². The van der Waals surface area contributed by atoms with Crippen molar-refractivity contribution in [1.82, 2.24) is 20.9 Å². The first kappa shape index (κ1) is 33.6. The van der Waals surface area contributed by atoms with E-state index in [1.807, 2.05) is 0 Å². The molecule has 10 nitrogen and oxygen atoms in total. The lowest BCUT2D eigenvalue weighted by Gasteiger charge is -2.55. The Morgan fingerprint density at radius 1 is 1.12 bits per heavy atom. The molecule has 1 saturated carbocycles. The zero-order chi connectivity index (χ0) is 32.0. The van der Waals surface area contributed by atoms with Crippen LogP contribution in [-0.4, -0.2) is 86.0 Å². The highest BCUT2D eigenvalue weighted by Crippen LogP contribution is 2.49. The summed E-state index contributed by atoms with van der Waals surface area (Å²) in [4.78, 5) is 52.0. The summed E-state index contributed by atoms with van der Waals surface area (Å²) in [5, 5.41) is 4.81. The summed E-state index contributed by atoms with van der Waals surface area (Å²) in [6.45, 7) is 4.31. The highest BCUT2D eigenvalue weighted by Gasteiger charge is 2.61. The zero-order valence-electron chi connectivity index (χ0n) is 23.4. The number of fused-ring (bicyclic) bond motifs is 3. The second kappa shape index (κ2) is 11.7. The Labute approximate surface area is 238 Å². The van der Waals surface area contributed by atoms with Gasteiger partial charge in [0.05, 0.1) is 12.0 Å². The van der Waals surface area contributed by atoms with Crippen molar-refractivity contribution >= 4 is 33.5 Å². The van der Waals surface area contributed by atoms with E-state index >= 15 is 8.78 Å². The minimum Gasteiger partial charge on any atom is -0.356 e. The molecule has 3 saturated heterocycles. The smallest absolute Gasteiger partial charge is 0.356 e. The second-order valence-electron chi connectivity index (χ2n) is 12.1. The normalized spacial score (nSPS) is 27.7. The van der Waals surface area contributed by atoms with E-state index in [2.05, 4.69) is 10.6 Å². The molecule has 3 N–H and O–H groups in total. The van der Waals surface area contributed by atoms with E-state index in [4.69, 9.17) is 0 Å². The van der Waals surface area contributed by atoms with Crippen LogP contribution in [0.1, 0.15) is 52.9 Å². The monoisotopic (exact) mass is 632 g/mol. The van der Waals surface area contributed by atoms with Gasteiger partial charge in [-0.05, 0) is 37.2 Å². The molecule has 4 fully saturated rings. The minimum absolute atomic E-state index is 0.00808. The Hall–Kier alpha value is -2.85. The summed E-state index contributed by atoms with van der Waals surface area (Å²) < 4.78 is 107. The number of halogens is 6. The van der Waals surface area contributed by atoms with Gasteiger partial charge in [0.1, 0.15) is 12.1 Å². The van der Waals surface area contributed by atoms with Crippen molar-refractivity contribution in [2.45, 2.75) is 89.1 Å². The minimum atomic E-state index is -5.36. The Bertz CT molecular complexity index is 1250. The summed E-state index contributed by atoms with van der Waals surface area (Å²) in [5.74, 6) is -11.3. The molecule has 3 heterocycles. The van der Waals surface area contributed by atoms with Crippen molar-refractivity contribution in [3.05, 3.63) is 11.2 Å². The fourth-order valence-corrected chi connectivity index (χ4v) is 6.14. The predicted molar refractivity (Wildman–Crippen MR) is 136 cm³/mol. The van der Waals surface area contributed by atoms with Gasteiger partial charge in [0.25, 0.3) is 5.92 Å². The highest BCUT2D eigenvalue weighted by atomic mass is 32.2. The first-order valence-electron chi connectivity index (χ1n) is 13.3. The Morgan fingerprint density at radius 2 is 1.74 bits per heavy atom. The number of hydrogen-bond donors (Lipinski definition) is 3. The summed E-state index contributed by atoms with van der Waals surface area (Å²) in [6, 6.07) is -6.56. The maximum atomic E-state index is 15.1. The summed E-state index contributed by atoms with van der Waals surface area (Å²) >= 11 is 0. The van der Waals surface area contributed by atoms with E-state index in [1.165, 1.54) is 20.8 Å². The Kier molecular flexibility index (Phi) is 9.36. The van der Waals surface area contributed by atoms with E-state index in [9.17, 15) is 45.2 Å². The third-order valence-electron chi connectivity index (χ3n) is 7.82. The molecule has 4 amide bonds. The van der Waals surface area contributed by atoms with Crippen molar-refractivity contribution < 1.29 is 53.9 Å². The molecule has 6 atom stereocenters. The van der Waals surface area contributed by atoms with Crippen LogP contribution in [0.5, 0.6) is 0 Å². The summed E-state index contributed by atoms with van der Waals surface area (Å²) in [6.07, 6.45) is -5.38. The average molecular weight is 633 g/mol. The molecule has 0 aromatic carbocycles. The van der Waals surface area contributed by atoms with E-state index in [1.54, 1.807) is 5.32 Å². The predicted octanol–water partition coefficient (Wildman–Crippen LogP) is 1.96. The second-order valence-corrected chi connectivity index (χ2v) is 14.1. The molecule has 3 aliphatic heterocycles. The number of alkyl halides is 5. The van der Waals surface area contributed by atoms with Crippen LogP contribution in [0.15, 0.2) is 11.2 Å². The third-order valence-corrected chi connectivity index (χ3v) is 8.66. The SMILES string of the molecule is CC(C)(C)[C@@H](NC(=O)C(F)(F)F)C(=O)N1[C@H]2CC[C@@H]([C@@H]1C(=O)N[C@H](/C=C(/F)S(C)(=O)=O)C[C@H]1CCNC1=O)C(F)(F)C2. The van der Waals surface area contributed by atoms with Gasteiger partial charge in [-0.25, -0.2) is 17.2 Å². The van der Waals surface area contributed by atoms with Gasteiger partial charge in [-0.3, -0.25) is 19.2 Å². The summed E-state index contributed by atoms with van der Waals surface area (Å²) in [5.41, 5.74) is -1.35. The van der Waals surface area contributed by atoms with E-state index in [-0.39, 0.29) is 32.2 Å². The maximum Gasteiger partial charge on any atom is 0.471 e. The highest BCUT2D eigenvalue weighted by molar-refractivity contribution is 7.94. The van der Waals surface area contributed by atoms with Gasteiger partial charge in [-0.15, -0.1) is 0 Å². The van der Waals surface area contributed by atoms with Crippen molar-refractivity contribution in [3.8, 4) is 0 Å². The quantitative estimate of drug-likeness (QED) is 0.350. The van der Waals surface area contributed by atoms with Crippen molar-refractivity contribution in [2.75, 3.05) is 12.8 Å². The number of rotatable bonds is 8. The molecule has 0 spiro atoms. The molecule has 238 valence electrons. The summed E-state index contributed by atoms with van der Waals surface area (Å²) in [7, 11) is -4.38. The average Bonchev–Trinajstić information content (AvgIpc) is 3.22. The number of carbonyl (C=O) groups excluding carboxylic acids is 4. The number of carbonyl (C=O) groups is 4. The lowest BCUT2D eigenvalue weighted by molar-refractivity contribution is -0.197. The molecule has 1 aliphatic carbocycles. The van der Waals surface area contributed by atoms with Crippen LogP contribution in [0, 0.1) is 17.3 Å². The van der Waals surface area contributed by atoms with Crippen LogP contribution in [0.4, 0.5) is 26.3 Å². The zero-order valence-corrected chi connectivity index (χ0v) is 24.2. The fraction of sp³-hybridized carbons (Fsp3) is 0.760. The molecule has 4 aliphatic rings. The van der Waals surface area contributed by atoms with Crippen LogP contribution in [-0.2, 0) is 29.0 Å². The Balaban J connectivity index is 2.00. The Morgan fingerprint density at radius 3 is 2.21 bits per heavy atom. The first-order valence-corrected chi connectivity index (χ1v) is 15.2. The van der Waals surface area contributed by atoms with Crippen LogP contribution < -0.4 is 16.0 Å². The van der Waals surface area contributed by atoms with E-state index < -0.39 is 98.6 Å². The molecule has 0 aromatic heterocycles. The van der Waals surface area contributed by atoms with Gasteiger partial charge < -0.3 is 20.9 Å². The molecule has 42 heavy (non-hydrogen) atoms. The molecular formula is C25H34F6N4O6S. The van der Waals surface area contributed by atoms with Gasteiger partial charge in [-0.1, -0.05) is 20.8 Å². The van der Waals surface area contributed by atoms with Crippen LogP contribution >= 0.6 is 0 Å². The standard InChI is InChI=1S/C25H34F6N4O6S/c1-23(2,3)18(34-22(39)25(29,30)31)21(38)35-14-5-6-15(24(27,28)11-14)17(35)20(37)33-13(10-16(26)42(4,40)41)9-12-7-8-32-19(12)36/h10,12-15,17-18H,5-9,11H2,1-4H3,(H,32,36)(H,33,37)(H,34,39)/b16-10-/t12-,13+,14+,15+,17-,18+/m1/s1. The largest absolute Gasteiger partial charge is 0.471 e. The topological polar surface area (TPSA) is 142 Å². The van der Waals surface area contributed by atoms with Crippen molar-refractivity contribution in [3.63, 3.8) is 0 Å². The van der Waals surface area contributed by atoms with Gasteiger partial charge in [0.2, 0.25) is 32.7 Å².